The van der Waals surface area contributed by atoms with E-state index < -0.39 is 0 Å². The van der Waals surface area contributed by atoms with Crippen LogP contribution in [0, 0.1) is 5.92 Å². The topological polar surface area (TPSA) is 26.7 Å². The van der Waals surface area contributed by atoms with E-state index in [1.807, 2.05) is 0 Å². The molecule has 0 aromatic heterocycles. The maximum atomic E-state index is 10.2. The van der Waals surface area contributed by atoms with Crippen molar-refractivity contribution in [1.82, 2.24) is 9.80 Å². The van der Waals surface area contributed by atoms with E-state index in [0.29, 0.717) is 5.92 Å². The molecule has 0 saturated heterocycles. The Labute approximate surface area is 107 Å². The normalized spacial score (nSPS) is 19.4. The highest BCUT2D eigenvalue weighted by atomic mass is 16.3. The van der Waals surface area contributed by atoms with Gasteiger partial charge in [-0.3, -0.25) is 0 Å². The van der Waals surface area contributed by atoms with E-state index in [-0.39, 0.29) is 6.10 Å². The summed E-state index contributed by atoms with van der Waals surface area (Å²) in [5, 5.41) is 10.2. The summed E-state index contributed by atoms with van der Waals surface area (Å²) in [6.45, 7) is 6.36. The molecule has 1 saturated carbocycles. The maximum Gasteiger partial charge on any atom is 0.0695 e. The van der Waals surface area contributed by atoms with Crippen LogP contribution in [-0.4, -0.2) is 61.3 Å². The predicted molar refractivity (Wildman–Crippen MR) is 73.2 cm³/mol. The summed E-state index contributed by atoms with van der Waals surface area (Å²) in [6.07, 6.45) is 6.19. The van der Waals surface area contributed by atoms with Crippen LogP contribution in [0.1, 0.15) is 39.0 Å². The van der Waals surface area contributed by atoms with Crippen LogP contribution in [0.25, 0.3) is 0 Å². The van der Waals surface area contributed by atoms with Gasteiger partial charge in [-0.05, 0) is 58.9 Å². The Morgan fingerprint density at radius 3 is 2.35 bits per heavy atom. The van der Waals surface area contributed by atoms with Crippen molar-refractivity contribution in [2.45, 2.75) is 45.1 Å². The molecule has 1 aliphatic carbocycles. The molecule has 102 valence electrons. The van der Waals surface area contributed by atoms with Gasteiger partial charge in [-0.25, -0.2) is 0 Å². The lowest BCUT2D eigenvalue weighted by atomic mass is 10.0. The van der Waals surface area contributed by atoms with E-state index in [4.69, 9.17) is 0 Å². The van der Waals surface area contributed by atoms with Crippen molar-refractivity contribution in [2.24, 2.45) is 5.92 Å². The lowest BCUT2D eigenvalue weighted by Gasteiger charge is -2.27. The highest BCUT2D eigenvalue weighted by Gasteiger charge is 2.24. The first-order valence-electron chi connectivity index (χ1n) is 7.18. The first-order chi connectivity index (χ1) is 8.13. The van der Waals surface area contributed by atoms with Crippen LogP contribution in [0.3, 0.4) is 0 Å². The van der Waals surface area contributed by atoms with Crippen LogP contribution in [0.5, 0.6) is 0 Å². The van der Waals surface area contributed by atoms with Crippen molar-refractivity contribution in [3.8, 4) is 0 Å². The fourth-order valence-corrected chi connectivity index (χ4v) is 2.74. The van der Waals surface area contributed by atoms with Crippen molar-refractivity contribution < 1.29 is 5.11 Å². The second-order valence-corrected chi connectivity index (χ2v) is 5.66. The Hall–Kier alpha value is -0.120. The molecule has 0 radical (unpaired) electrons. The zero-order chi connectivity index (χ0) is 12.7. The molecule has 1 rings (SSSR count). The molecule has 1 unspecified atom stereocenters. The first-order valence-corrected chi connectivity index (χ1v) is 7.18. The van der Waals surface area contributed by atoms with Gasteiger partial charge in [0.05, 0.1) is 6.10 Å². The second-order valence-electron chi connectivity index (χ2n) is 5.66. The molecular formula is C14H30N2O. The molecule has 3 nitrogen and oxygen atoms in total. The van der Waals surface area contributed by atoms with Gasteiger partial charge in [-0.15, -0.1) is 0 Å². The van der Waals surface area contributed by atoms with E-state index in [0.717, 1.165) is 26.2 Å². The van der Waals surface area contributed by atoms with Gasteiger partial charge in [-0.2, -0.15) is 0 Å². The van der Waals surface area contributed by atoms with E-state index in [1.165, 1.54) is 32.1 Å². The summed E-state index contributed by atoms with van der Waals surface area (Å²) >= 11 is 0. The van der Waals surface area contributed by atoms with Crippen LogP contribution in [0.2, 0.25) is 0 Å². The number of rotatable bonds is 8. The van der Waals surface area contributed by atoms with Crippen LogP contribution < -0.4 is 0 Å². The number of nitrogens with zero attached hydrogens (tertiary/aromatic N) is 2. The average Bonchev–Trinajstić information content (AvgIpc) is 2.80. The third-order valence-corrected chi connectivity index (χ3v) is 3.92. The largest absolute Gasteiger partial charge is 0.392 e. The minimum Gasteiger partial charge on any atom is -0.392 e. The fourth-order valence-electron chi connectivity index (χ4n) is 2.74. The number of aliphatic hydroxyl groups is 1. The van der Waals surface area contributed by atoms with Gasteiger partial charge in [0.1, 0.15) is 0 Å². The van der Waals surface area contributed by atoms with Gasteiger partial charge in [0.2, 0.25) is 0 Å². The smallest absolute Gasteiger partial charge is 0.0695 e. The number of hydrogen-bond acceptors (Lipinski definition) is 3. The van der Waals surface area contributed by atoms with Crippen molar-refractivity contribution in [1.29, 1.82) is 0 Å². The summed E-state index contributed by atoms with van der Waals surface area (Å²) in [6, 6.07) is 0. The molecule has 17 heavy (non-hydrogen) atoms. The zero-order valence-electron chi connectivity index (χ0n) is 11.9. The Morgan fingerprint density at radius 2 is 1.82 bits per heavy atom. The molecule has 0 aliphatic heterocycles. The van der Waals surface area contributed by atoms with E-state index in [9.17, 15) is 5.11 Å². The van der Waals surface area contributed by atoms with Crippen molar-refractivity contribution in [3.05, 3.63) is 0 Å². The number of hydrogen-bond donors (Lipinski definition) is 1. The van der Waals surface area contributed by atoms with Crippen LogP contribution in [-0.2, 0) is 0 Å². The van der Waals surface area contributed by atoms with E-state index in [2.05, 4.69) is 30.8 Å². The molecule has 1 atom stereocenters. The molecule has 1 aliphatic rings. The Balaban J connectivity index is 2.20. The van der Waals surface area contributed by atoms with Crippen molar-refractivity contribution in [3.63, 3.8) is 0 Å². The Kier molecular flexibility index (Phi) is 7.09. The van der Waals surface area contributed by atoms with Crippen molar-refractivity contribution >= 4 is 0 Å². The fraction of sp³-hybridized carbons (Fsp3) is 1.00. The second kappa shape index (κ2) is 8.06. The minimum absolute atomic E-state index is 0.100. The SMILES string of the molecule is CCN(CCCN(C)C)CC(O)C1CCCC1. The van der Waals surface area contributed by atoms with Crippen LogP contribution in [0.15, 0.2) is 0 Å². The summed E-state index contributed by atoms with van der Waals surface area (Å²) in [5.41, 5.74) is 0. The molecule has 0 amide bonds. The molecule has 1 N–H and O–H groups in total. The summed E-state index contributed by atoms with van der Waals surface area (Å²) in [5.74, 6) is 0.567. The Bertz CT molecular complexity index is 191. The van der Waals surface area contributed by atoms with Gasteiger partial charge in [-0.1, -0.05) is 19.8 Å². The van der Waals surface area contributed by atoms with Crippen molar-refractivity contribution in [2.75, 3.05) is 40.3 Å². The summed E-state index contributed by atoms with van der Waals surface area (Å²) in [7, 11) is 4.23. The van der Waals surface area contributed by atoms with Gasteiger partial charge in [0.25, 0.3) is 0 Å². The van der Waals surface area contributed by atoms with Gasteiger partial charge < -0.3 is 14.9 Å². The summed E-state index contributed by atoms with van der Waals surface area (Å²) in [4.78, 5) is 4.62. The standard InChI is InChI=1S/C14H30N2O/c1-4-16(11-7-10-15(2)3)12-14(17)13-8-5-6-9-13/h13-14,17H,4-12H2,1-3H3. The van der Waals surface area contributed by atoms with E-state index >= 15 is 0 Å². The average molecular weight is 242 g/mol. The highest BCUT2D eigenvalue weighted by molar-refractivity contribution is 4.77. The third-order valence-electron chi connectivity index (χ3n) is 3.92. The molecule has 0 aromatic carbocycles. The molecule has 0 heterocycles. The lowest BCUT2D eigenvalue weighted by molar-refractivity contribution is 0.0664. The van der Waals surface area contributed by atoms with E-state index in [1.54, 1.807) is 0 Å². The number of aliphatic hydroxyl groups excluding tert-OH is 1. The lowest BCUT2D eigenvalue weighted by Crippen LogP contribution is -2.37. The molecular weight excluding hydrogens is 212 g/mol. The first kappa shape index (κ1) is 14.9. The molecule has 0 bridgehead atoms. The third kappa shape index (κ3) is 5.84. The number of likely N-dealkylation sites (N-methyl/N-ethyl adjacent to an activating group) is 1. The predicted octanol–water partition coefficient (Wildman–Crippen LogP) is 1.81. The zero-order valence-corrected chi connectivity index (χ0v) is 11.9. The quantitative estimate of drug-likeness (QED) is 0.703. The van der Waals surface area contributed by atoms with Crippen LogP contribution in [0.4, 0.5) is 0 Å². The van der Waals surface area contributed by atoms with Gasteiger partial charge in [0, 0.05) is 6.54 Å². The summed E-state index contributed by atoms with van der Waals surface area (Å²) < 4.78 is 0. The minimum atomic E-state index is -0.100. The van der Waals surface area contributed by atoms with Gasteiger partial charge >= 0.3 is 0 Å². The van der Waals surface area contributed by atoms with Gasteiger partial charge in [0.15, 0.2) is 0 Å². The van der Waals surface area contributed by atoms with Crippen LogP contribution >= 0.6 is 0 Å². The monoisotopic (exact) mass is 242 g/mol. The molecule has 1 fully saturated rings. The molecule has 0 aromatic rings. The maximum absolute atomic E-state index is 10.2. The molecule has 3 heteroatoms. The molecule has 0 spiro atoms. The highest BCUT2D eigenvalue weighted by Crippen LogP contribution is 2.27. The Morgan fingerprint density at radius 1 is 1.18 bits per heavy atom.